The average Bonchev–Trinajstić information content (AvgIpc) is 2.63. The maximum Gasteiger partial charge on any atom is 0.410 e. The third-order valence-electron chi connectivity index (χ3n) is 4.58. The SMILES string of the molecule is CC(C)(C)OC(=O)N1CCN(c2ccc(NC3CCC(=O)NC3=O)cn2)CC1. The number of nitrogens with zero attached hydrogens (tertiary/aromatic N) is 3. The number of carbonyl (C=O) groups is 3. The number of hydrogen-bond donors (Lipinski definition) is 2. The Morgan fingerprint density at radius 2 is 1.93 bits per heavy atom. The Kier molecular flexibility index (Phi) is 5.71. The van der Waals surface area contributed by atoms with Crippen molar-refractivity contribution in [2.45, 2.75) is 45.3 Å². The Bertz CT molecular complexity index is 736. The normalized spacial score (nSPS) is 20.6. The number of nitrogens with one attached hydrogen (secondary N) is 2. The number of amides is 3. The Labute approximate surface area is 164 Å². The van der Waals surface area contributed by atoms with Gasteiger partial charge in [-0.05, 0) is 39.3 Å². The molecule has 9 heteroatoms. The molecule has 2 saturated heterocycles. The summed E-state index contributed by atoms with van der Waals surface area (Å²) in [5.41, 5.74) is 0.229. The van der Waals surface area contributed by atoms with Crippen LogP contribution in [0, 0.1) is 0 Å². The van der Waals surface area contributed by atoms with Crippen LogP contribution in [0.5, 0.6) is 0 Å². The topological polar surface area (TPSA) is 104 Å². The van der Waals surface area contributed by atoms with E-state index in [9.17, 15) is 14.4 Å². The van der Waals surface area contributed by atoms with E-state index in [0.29, 0.717) is 39.0 Å². The minimum absolute atomic E-state index is 0.234. The average molecular weight is 389 g/mol. The van der Waals surface area contributed by atoms with Gasteiger partial charge in [-0.15, -0.1) is 0 Å². The van der Waals surface area contributed by atoms with Crippen LogP contribution >= 0.6 is 0 Å². The number of piperazine rings is 1. The fourth-order valence-electron chi connectivity index (χ4n) is 3.14. The molecule has 2 aliphatic heterocycles. The first kappa shape index (κ1) is 19.9. The van der Waals surface area contributed by atoms with Crippen LogP contribution in [0.3, 0.4) is 0 Å². The molecule has 2 fully saturated rings. The third-order valence-corrected chi connectivity index (χ3v) is 4.58. The molecular formula is C19H27N5O4. The number of hydrogen-bond acceptors (Lipinski definition) is 7. The van der Waals surface area contributed by atoms with Gasteiger partial charge in [0.05, 0.1) is 11.9 Å². The van der Waals surface area contributed by atoms with Gasteiger partial charge in [-0.1, -0.05) is 0 Å². The standard InChI is InChI=1S/C19H27N5O4/c1-19(2,3)28-18(27)24-10-8-23(9-11-24)15-6-4-13(12-20-15)21-14-5-7-16(25)22-17(14)26/h4,6,12,14,21H,5,7-11H2,1-3H3,(H,22,25,26). The number of aromatic nitrogens is 1. The van der Waals surface area contributed by atoms with E-state index in [1.54, 1.807) is 11.1 Å². The molecule has 1 aromatic heterocycles. The highest BCUT2D eigenvalue weighted by Crippen LogP contribution is 2.19. The van der Waals surface area contributed by atoms with Crippen LogP contribution in [-0.2, 0) is 14.3 Å². The molecule has 0 radical (unpaired) electrons. The second-order valence-electron chi connectivity index (χ2n) is 8.01. The lowest BCUT2D eigenvalue weighted by molar-refractivity contribution is -0.133. The van der Waals surface area contributed by atoms with Gasteiger partial charge >= 0.3 is 6.09 Å². The molecule has 1 atom stereocenters. The highest BCUT2D eigenvalue weighted by Gasteiger charge is 2.27. The summed E-state index contributed by atoms with van der Waals surface area (Å²) in [5, 5.41) is 5.44. The number of ether oxygens (including phenoxy) is 1. The predicted octanol–water partition coefficient (Wildman–Crippen LogP) is 1.36. The van der Waals surface area contributed by atoms with E-state index in [1.165, 1.54) is 0 Å². The Hall–Kier alpha value is -2.84. The molecule has 1 aromatic rings. The van der Waals surface area contributed by atoms with Crippen LogP contribution in [0.25, 0.3) is 0 Å². The molecule has 2 aliphatic rings. The van der Waals surface area contributed by atoms with E-state index in [4.69, 9.17) is 4.74 Å². The molecule has 2 N–H and O–H groups in total. The molecule has 28 heavy (non-hydrogen) atoms. The molecule has 3 heterocycles. The summed E-state index contributed by atoms with van der Waals surface area (Å²) in [7, 11) is 0. The van der Waals surface area contributed by atoms with Crippen molar-refractivity contribution in [1.82, 2.24) is 15.2 Å². The lowest BCUT2D eigenvalue weighted by Crippen LogP contribution is -2.50. The molecule has 3 rings (SSSR count). The summed E-state index contributed by atoms with van der Waals surface area (Å²) >= 11 is 0. The van der Waals surface area contributed by atoms with Gasteiger partial charge in [0.15, 0.2) is 0 Å². The molecule has 152 valence electrons. The smallest absolute Gasteiger partial charge is 0.410 e. The van der Waals surface area contributed by atoms with E-state index in [1.807, 2.05) is 32.9 Å². The van der Waals surface area contributed by atoms with Gasteiger partial charge in [-0.2, -0.15) is 0 Å². The molecule has 0 spiro atoms. The number of rotatable bonds is 3. The summed E-state index contributed by atoms with van der Waals surface area (Å²) in [6.45, 7) is 8.07. The monoisotopic (exact) mass is 389 g/mol. The number of piperidine rings is 1. The molecule has 0 aromatic carbocycles. The van der Waals surface area contributed by atoms with Crippen molar-refractivity contribution in [1.29, 1.82) is 0 Å². The highest BCUT2D eigenvalue weighted by atomic mass is 16.6. The third kappa shape index (κ3) is 5.11. The molecule has 0 aliphatic carbocycles. The van der Waals surface area contributed by atoms with E-state index in [0.717, 1.165) is 11.5 Å². The largest absolute Gasteiger partial charge is 0.444 e. The molecule has 3 amide bonds. The maximum absolute atomic E-state index is 12.1. The second kappa shape index (κ2) is 8.04. The predicted molar refractivity (Wildman–Crippen MR) is 104 cm³/mol. The van der Waals surface area contributed by atoms with Crippen molar-refractivity contribution in [2.24, 2.45) is 0 Å². The first-order chi connectivity index (χ1) is 13.2. The van der Waals surface area contributed by atoms with Crippen LogP contribution in [-0.4, -0.2) is 65.6 Å². The zero-order valence-electron chi connectivity index (χ0n) is 16.5. The molecule has 0 saturated carbocycles. The van der Waals surface area contributed by atoms with Crippen LogP contribution in [0.1, 0.15) is 33.6 Å². The van der Waals surface area contributed by atoms with Gasteiger partial charge in [0.1, 0.15) is 17.5 Å². The molecule has 0 bridgehead atoms. The summed E-state index contributed by atoms with van der Waals surface area (Å²) < 4.78 is 5.41. The van der Waals surface area contributed by atoms with Gasteiger partial charge in [0.2, 0.25) is 11.8 Å². The molecule has 1 unspecified atom stereocenters. The minimum atomic E-state index is -0.499. The summed E-state index contributed by atoms with van der Waals surface area (Å²) in [6.07, 6.45) is 2.19. The minimum Gasteiger partial charge on any atom is -0.444 e. The number of carbonyl (C=O) groups excluding carboxylic acids is 3. The van der Waals surface area contributed by atoms with Gasteiger partial charge in [-0.3, -0.25) is 14.9 Å². The van der Waals surface area contributed by atoms with Crippen molar-refractivity contribution in [3.05, 3.63) is 18.3 Å². The Morgan fingerprint density at radius 1 is 1.21 bits per heavy atom. The Balaban J connectivity index is 1.51. The van der Waals surface area contributed by atoms with Crippen molar-refractivity contribution < 1.29 is 19.1 Å². The van der Waals surface area contributed by atoms with Crippen molar-refractivity contribution >= 4 is 29.4 Å². The second-order valence-corrected chi connectivity index (χ2v) is 8.01. The van der Waals surface area contributed by atoms with E-state index in [-0.39, 0.29) is 17.9 Å². The van der Waals surface area contributed by atoms with E-state index in [2.05, 4.69) is 20.5 Å². The van der Waals surface area contributed by atoms with E-state index >= 15 is 0 Å². The number of imide groups is 1. The van der Waals surface area contributed by atoms with Gasteiger partial charge in [0.25, 0.3) is 0 Å². The lowest BCUT2D eigenvalue weighted by Gasteiger charge is -2.36. The maximum atomic E-state index is 12.1. The van der Waals surface area contributed by atoms with Gasteiger partial charge in [-0.25, -0.2) is 9.78 Å². The zero-order valence-corrected chi connectivity index (χ0v) is 16.5. The van der Waals surface area contributed by atoms with Crippen LogP contribution < -0.4 is 15.5 Å². The highest BCUT2D eigenvalue weighted by molar-refractivity contribution is 6.01. The van der Waals surface area contributed by atoms with Crippen molar-refractivity contribution in [2.75, 3.05) is 36.4 Å². The molecular weight excluding hydrogens is 362 g/mol. The van der Waals surface area contributed by atoms with Crippen molar-refractivity contribution in [3.63, 3.8) is 0 Å². The number of pyridine rings is 1. The van der Waals surface area contributed by atoms with Gasteiger partial charge < -0.3 is 19.9 Å². The van der Waals surface area contributed by atoms with Crippen LogP contribution in [0.4, 0.5) is 16.3 Å². The summed E-state index contributed by atoms with van der Waals surface area (Å²) in [5.74, 6) is 0.276. The van der Waals surface area contributed by atoms with Crippen LogP contribution in [0.2, 0.25) is 0 Å². The first-order valence-electron chi connectivity index (χ1n) is 9.50. The van der Waals surface area contributed by atoms with Crippen LogP contribution in [0.15, 0.2) is 18.3 Å². The first-order valence-corrected chi connectivity index (χ1v) is 9.50. The summed E-state index contributed by atoms with van der Waals surface area (Å²) in [4.78, 5) is 43.5. The zero-order chi connectivity index (χ0) is 20.3. The Morgan fingerprint density at radius 3 is 2.50 bits per heavy atom. The van der Waals surface area contributed by atoms with E-state index < -0.39 is 11.6 Å². The number of anilines is 2. The molecule has 9 nitrogen and oxygen atoms in total. The van der Waals surface area contributed by atoms with Crippen molar-refractivity contribution in [3.8, 4) is 0 Å². The quantitative estimate of drug-likeness (QED) is 0.752. The lowest BCUT2D eigenvalue weighted by atomic mass is 10.1. The fourth-order valence-corrected chi connectivity index (χ4v) is 3.14. The fraction of sp³-hybridized carbons (Fsp3) is 0.579. The summed E-state index contributed by atoms with van der Waals surface area (Å²) in [6, 6.07) is 3.33. The van der Waals surface area contributed by atoms with Gasteiger partial charge in [0, 0.05) is 32.6 Å².